The lowest BCUT2D eigenvalue weighted by Crippen LogP contribution is -2.10. The molecule has 0 amide bonds. The van der Waals surface area contributed by atoms with E-state index in [4.69, 9.17) is 18.6 Å². The Morgan fingerprint density at radius 3 is 2.80 bits per heavy atom. The lowest BCUT2D eigenvalue weighted by molar-refractivity contribution is -0.133. The summed E-state index contributed by atoms with van der Waals surface area (Å²) in [7, 11) is 0. The minimum Gasteiger partial charge on any atom is -0.464 e. The summed E-state index contributed by atoms with van der Waals surface area (Å²) in [6.07, 6.45) is 5.20. The first-order valence-electron chi connectivity index (χ1n) is 8.38. The predicted octanol–water partition coefficient (Wildman–Crippen LogP) is 3.80. The highest BCUT2D eigenvalue weighted by atomic mass is 16.7. The molecule has 0 N–H and O–H groups in total. The number of fused-ring (bicyclic) bond motifs is 3. The maximum absolute atomic E-state index is 12.3. The van der Waals surface area contributed by atoms with E-state index in [2.05, 4.69) is 12.1 Å². The molecule has 25 heavy (non-hydrogen) atoms. The van der Waals surface area contributed by atoms with Crippen molar-refractivity contribution in [2.45, 2.75) is 25.7 Å². The van der Waals surface area contributed by atoms with Crippen molar-refractivity contribution in [1.29, 1.82) is 0 Å². The first kappa shape index (κ1) is 14.4. The van der Waals surface area contributed by atoms with Crippen molar-refractivity contribution in [3.63, 3.8) is 0 Å². The molecule has 1 aliphatic heterocycles. The molecule has 5 heteroatoms. The fourth-order valence-electron chi connectivity index (χ4n) is 3.55. The molecular weight excluding hydrogens is 320 g/mol. The fourth-order valence-corrected chi connectivity index (χ4v) is 3.55. The Labute approximate surface area is 144 Å². The third-order valence-electron chi connectivity index (χ3n) is 4.78. The van der Waals surface area contributed by atoms with Crippen LogP contribution in [0.5, 0.6) is 17.2 Å². The average Bonchev–Trinajstić information content (AvgIpc) is 3.32. The van der Waals surface area contributed by atoms with Gasteiger partial charge in [0, 0.05) is 17.0 Å². The van der Waals surface area contributed by atoms with Gasteiger partial charge in [0.2, 0.25) is 6.79 Å². The number of aryl methyl sites for hydroxylation is 2. The van der Waals surface area contributed by atoms with E-state index in [1.807, 2.05) is 0 Å². The number of carbonyl (C=O) groups excluding carboxylic acids is 1. The molecule has 2 aromatic carbocycles. The molecule has 5 nitrogen and oxygen atoms in total. The van der Waals surface area contributed by atoms with E-state index in [9.17, 15) is 4.79 Å². The van der Waals surface area contributed by atoms with Crippen LogP contribution in [0.3, 0.4) is 0 Å². The molecule has 0 radical (unpaired) electrons. The summed E-state index contributed by atoms with van der Waals surface area (Å²) < 4.78 is 21.6. The number of hydrogen-bond donors (Lipinski definition) is 0. The van der Waals surface area contributed by atoms with E-state index in [0.717, 1.165) is 29.4 Å². The van der Waals surface area contributed by atoms with Gasteiger partial charge in [-0.15, -0.1) is 0 Å². The van der Waals surface area contributed by atoms with Gasteiger partial charge < -0.3 is 18.6 Å². The monoisotopic (exact) mass is 336 g/mol. The zero-order valence-electron chi connectivity index (χ0n) is 13.5. The Morgan fingerprint density at radius 2 is 1.88 bits per heavy atom. The van der Waals surface area contributed by atoms with Crippen molar-refractivity contribution in [2.75, 3.05) is 6.79 Å². The first-order chi connectivity index (χ1) is 12.3. The molecular formula is C20H16O5. The minimum absolute atomic E-state index is 0.167. The second-order valence-corrected chi connectivity index (χ2v) is 6.40. The van der Waals surface area contributed by atoms with Crippen molar-refractivity contribution in [3.8, 4) is 17.2 Å². The molecule has 0 saturated heterocycles. The third kappa shape index (κ3) is 2.52. The van der Waals surface area contributed by atoms with Gasteiger partial charge in [-0.1, -0.05) is 0 Å². The van der Waals surface area contributed by atoms with Crippen molar-refractivity contribution >= 4 is 16.9 Å². The summed E-state index contributed by atoms with van der Waals surface area (Å²) in [4.78, 5) is 12.3. The van der Waals surface area contributed by atoms with E-state index >= 15 is 0 Å². The molecule has 0 spiro atoms. The van der Waals surface area contributed by atoms with Crippen LogP contribution in [0, 0.1) is 0 Å². The maximum atomic E-state index is 12.3. The lowest BCUT2D eigenvalue weighted by Gasteiger charge is -2.05. The maximum Gasteiger partial charge on any atom is 0.315 e. The van der Waals surface area contributed by atoms with Crippen LogP contribution >= 0.6 is 0 Å². The molecule has 126 valence electrons. The molecule has 0 fully saturated rings. The standard InChI is InChI=1S/C20H16O5/c21-20(25-15-4-5-17-19(9-15)24-11-23-17)8-14-10-22-18-7-13-3-1-2-12(13)6-16(14)18/h4-7,9-10H,1-3,8,11H2. The second kappa shape index (κ2) is 5.55. The summed E-state index contributed by atoms with van der Waals surface area (Å²) in [5.41, 5.74) is 4.41. The van der Waals surface area contributed by atoms with E-state index < -0.39 is 0 Å². The molecule has 0 atom stereocenters. The third-order valence-corrected chi connectivity index (χ3v) is 4.78. The quantitative estimate of drug-likeness (QED) is 0.538. The molecule has 2 aliphatic rings. The highest BCUT2D eigenvalue weighted by Gasteiger charge is 2.19. The molecule has 0 unspecified atom stereocenters. The van der Waals surface area contributed by atoms with Gasteiger partial charge in [-0.25, -0.2) is 0 Å². The summed E-state index contributed by atoms with van der Waals surface area (Å²) in [5.74, 6) is 1.37. The van der Waals surface area contributed by atoms with Crippen LogP contribution in [0.4, 0.5) is 0 Å². The summed E-state index contributed by atoms with van der Waals surface area (Å²) >= 11 is 0. The van der Waals surface area contributed by atoms with Crippen LogP contribution in [-0.2, 0) is 24.1 Å². The Morgan fingerprint density at radius 1 is 1.04 bits per heavy atom. The van der Waals surface area contributed by atoms with Crippen LogP contribution in [-0.4, -0.2) is 12.8 Å². The van der Waals surface area contributed by atoms with Gasteiger partial charge in [0.15, 0.2) is 11.5 Å². The Hall–Kier alpha value is -2.95. The van der Waals surface area contributed by atoms with E-state index in [0.29, 0.717) is 17.2 Å². The number of benzene rings is 2. The van der Waals surface area contributed by atoms with Crippen LogP contribution < -0.4 is 14.2 Å². The number of furan rings is 1. The molecule has 3 aromatic rings. The first-order valence-corrected chi connectivity index (χ1v) is 8.38. The zero-order valence-corrected chi connectivity index (χ0v) is 13.5. The Balaban J connectivity index is 1.36. The van der Waals surface area contributed by atoms with E-state index in [-0.39, 0.29) is 19.2 Å². The molecule has 1 aliphatic carbocycles. The van der Waals surface area contributed by atoms with Crippen molar-refractivity contribution in [2.24, 2.45) is 0 Å². The molecule has 2 heterocycles. The lowest BCUT2D eigenvalue weighted by atomic mass is 10.0. The van der Waals surface area contributed by atoms with Gasteiger partial charge in [0.25, 0.3) is 0 Å². The number of ether oxygens (including phenoxy) is 3. The predicted molar refractivity (Wildman–Crippen MR) is 90.1 cm³/mol. The van der Waals surface area contributed by atoms with Gasteiger partial charge in [-0.3, -0.25) is 4.79 Å². The highest BCUT2D eigenvalue weighted by Crippen LogP contribution is 2.35. The number of esters is 1. The average molecular weight is 336 g/mol. The number of rotatable bonds is 3. The Bertz CT molecular complexity index is 985. The summed E-state index contributed by atoms with van der Waals surface area (Å²) in [6, 6.07) is 9.36. The second-order valence-electron chi connectivity index (χ2n) is 6.40. The molecule has 1 aromatic heterocycles. The Kier molecular flexibility index (Phi) is 3.20. The van der Waals surface area contributed by atoms with E-state index in [1.54, 1.807) is 24.5 Å². The van der Waals surface area contributed by atoms with E-state index in [1.165, 1.54) is 17.5 Å². The molecule has 5 rings (SSSR count). The van der Waals surface area contributed by atoms with Crippen LogP contribution in [0.25, 0.3) is 11.0 Å². The van der Waals surface area contributed by atoms with Crippen molar-refractivity contribution in [3.05, 3.63) is 53.3 Å². The SMILES string of the molecule is O=C(Cc1coc2cc3c(cc12)CCC3)Oc1ccc2c(c1)OCO2. The molecule has 0 saturated carbocycles. The van der Waals surface area contributed by atoms with Gasteiger partial charge >= 0.3 is 5.97 Å². The van der Waals surface area contributed by atoms with Crippen LogP contribution in [0.15, 0.2) is 41.0 Å². The number of hydrogen-bond acceptors (Lipinski definition) is 5. The topological polar surface area (TPSA) is 57.9 Å². The van der Waals surface area contributed by atoms with Crippen molar-refractivity contribution in [1.82, 2.24) is 0 Å². The van der Waals surface area contributed by atoms with Crippen molar-refractivity contribution < 1.29 is 23.4 Å². The van der Waals surface area contributed by atoms with Gasteiger partial charge in [-0.05, 0) is 54.7 Å². The number of carbonyl (C=O) groups is 1. The highest BCUT2D eigenvalue weighted by molar-refractivity contribution is 5.87. The molecule has 0 bridgehead atoms. The van der Waals surface area contributed by atoms with Crippen LogP contribution in [0.1, 0.15) is 23.1 Å². The van der Waals surface area contributed by atoms with Crippen LogP contribution in [0.2, 0.25) is 0 Å². The normalized spacial score (nSPS) is 14.7. The minimum atomic E-state index is -0.331. The van der Waals surface area contributed by atoms with Gasteiger partial charge in [-0.2, -0.15) is 0 Å². The largest absolute Gasteiger partial charge is 0.464 e. The summed E-state index contributed by atoms with van der Waals surface area (Å²) in [5, 5.41) is 1.00. The van der Waals surface area contributed by atoms with Gasteiger partial charge in [0.05, 0.1) is 12.7 Å². The fraction of sp³-hybridized carbons (Fsp3) is 0.250. The van der Waals surface area contributed by atoms with Gasteiger partial charge in [0.1, 0.15) is 11.3 Å². The zero-order chi connectivity index (χ0) is 16.8. The smallest absolute Gasteiger partial charge is 0.315 e. The summed E-state index contributed by atoms with van der Waals surface area (Å²) in [6.45, 7) is 0.193.